The molecule has 0 bridgehead atoms. The molecule has 0 fully saturated rings. The molecule has 0 heterocycles. The lowest BCUT2D eigenvalue weighted by Gasteiger charge is -1.97. The van der Waals surface area contributed by atoms with Gasteiger partial charge >= 0.3 is 0 Å². The van der Waals surface area contributed by atoms with E-state index >= 15 is 0 Å². The fraction of sp³-hybridized carbons (Fsp3) is 0.667. The molecule has 9 heavy (non-hydrogen) atoms. The third kappa shape index (κ3) is 5.93. The predicted octanol–water partition coefficient (Wildman–Crippen LogP) is 0.859. The van der Waals surface area contributed by atoms with Gasteiger partial charge in [-0.25, -0.2) is 0 Å². The summed E-state index contributed by atoms with van der Waals surface area (Å²) in [4.78, 5) is 0. The van der Waals surface area contributed by atoms with Crippen LogP contribution in [0.15, 0.2) is 11.5 Å². The van der Waals surface area contributed by atoms with Gasteiger partial charge in [0.15, 0.2) is 0 Å². The first-order valence-electron chi connectivity index (χ1n) is 3.14. The van der Waals surface area contributed by atoms with Gasteiger partial charge in [0.1, 0.15) is 0 Å². The summed E-state index contributed by atoms with van der Waals surface area (Å²) in [5, 5.41) is 1.34. The first-order chi connectivity index (χ1) is 4.31. The Hall–Kier alpha value is 0.0469. The van der Waals surface area contributed by atoms with Crippen molar-refractivity contribution < 1.29 is 4.74 Å². The van der Waals surface area contributed by atoms with Gasteiger partial charge in [-0.05, 0) is 13.3 Å². The van der Waals surface area contributed by atoms with E-state index in [0.29, 0.717) is 5.88 Å². The molecule has 0 spiro atoms. The second-order valence-corrected chi connectivity index (χ2v) is 3.52. The summed E-state index contributed by atoms with van der Waals surface area (Å²) in [5.41, 5.74) is 0. The highest BCUT2D eigenvalue weighted by molar-refractivity contribution is 6.23. The quantitative estimate of drug-likeness (QED) is 0.340. The van der Waals surface area contributed by atoms with Crippen molar-refractivity contribution in [3.8, 4) is 0 Å². The molecule has 0 aromatic carbocycles. The Kier molecular flexibility index (Phi) is 6.20. The standard InChI is InChI=1S/C6H13ClOSi/c1-2-8-5-6(9)3-4-7/h5H,2-4H2,1,9H3. The summed E-state index contributed by atoms with van der Waals surface area (Å²) in [5.74, 6) is 0.711. The third-order valence-corrected chi connectivity index (χ3v) is 1.86. The molecule has 0 amide bonds. The van der Waals surface area contributed by atoms with E-state index in [-0.39, 0.29) is 0 Å². The monoisotopic (exact) mass is 164 g/mol. The van der Waals surface area contributed by atoms with Crippen molar-refractivity contribution in [2.45, 2.75) is 13.3 Å². The molecule has 0 N–H and O–H groups in total. The van der Waals surface area contributed by atoms with Crippen molar-refractivity contribution in [2.75, 3.05) is 12.5 Å². The van der Waals surface area contributed by atoms with Crippen LogP contribution in [-0.2, 0) is 4.74 Å². The van der Waals surface area contributed by atoms with Gasteiger partial charge in [0, 0.05) is 16.1 Å². The fourth-order valence-electron chi connectivity index (χ4n) is 0.434. The first-order valence-corrected chi connectivity index (χ1v) is 4.68. The van der Waals surface area contributed by atoms with E-state index in [1.165, 1.54) is 5.20 Å². The van der Waals surface area contributed by atoms with Gasteiger partial charge in [0.25, 0.3) is 0 Å². The number of rotatable bonds is 4. The molecule has 0 rings (SSSR count). The fourth-order valence-corrected chi connectivity index (χ4v) is 1.47. The van der Waals surface area contributed by atoms with Crippen molar-refractivity contribution in [1.82, 2.24) is 0 Å². The second kappa shape index (κ2) is 6.17. The summed E-state index contributed by atoms with van der Waals surface area (Å²) in [6.45, 7) is 2.74. The van der Waals surface area contributed by atoms with Crippen molar-refractivity contribution >= 4 is 21.8 Å². The smallest absolute Gasteiger partial charge is 0.0844 e. The number of alkyl halides is 1. The van der Waals surface area contributed by atoms with Crippen LogP contribution in [0.3, 0.4) is 0 Å². The average molecular weight is 165 g/mol. The molecule has 0 saturated heterocycles. The van der Waals surface area contributed by atoms with Gasteiger partial charge in [-0.15, -0.1) is 11.6 Å². The van der Waals surface area contributed by atoms with E-state index in [1.54, 1.807) is 0 Å². The maximum atomic E-state index is 5.50. The highest BCUT2D eigenvalue weighted by atomic mass is 35.5. The lowest BCUT2D eigenvalue weighted by Crippen LogP contribution is -1.86. The van der Waals surface area contributed by atoms with Crippen LogP contribution >= 0.6 is 11.6 Å². The highest BCUT2D eigenvalue weighted by Crippen LogP contribution is 1.96. The molecule has 0 aromatic heterocycles. The van der Waals surface area contributed by atoms with Gasteiger partial charge < -0.3 is 4.74 Å². The summed E-state index contributed by atoms with van der Waals surface area (Å²) in [6, 6.07) is 0. The van der Waals surface area contributed by atoms with Gasteiger partial charge in [-0.3, -0.25) is 0 Å². The molecule has 0 radical (unpaired) electrons. The zero-order valence-corrected chi connectivity index (χ0v) is 8.74. The lowest BCUT2D eigenvalue weighted by atomic mass is 10.5. The minimum absolute atomic E-state index is 0.711. The van der Waals surface area contributed by atoms with Crippen molar-refractivity contribution in [3.05, 3.63) is 11.5 Å². The third-order valence-electron chi connectivity index (χ3n) is 0.940. The Morgan fingerprint density at radius 1 is 1.78 bits per heavy atom. The summed E-state index contributed by atoms with van der Waals surface area (Å²) in [6.07, 6.45) is 2.81. The summed E-state index contributed by atoms with van der Waals surface area (Å²) >= 11 is 5.50. The van der Waals surface area contributed by atoms with Gasteiger partial charge in [0.2, 0.25) is 0 Å². The van der Waals surface area contributed by atoms with E-state index in [1.807, 2.05) is 13.2 Å². The number of halogens is 1. The minimum Gasteiger partial charge on any atom is -0.502 e. The number of ether oxygens (including phenoxy) is 1. The Bertz CT molecular complexity index is 93.1. The lowest BCUT2D eigenvalue weighted by molar-refractivity contribution is 0.267. The number of hydrogen-bond acceptors (Lipinski definition) is 1. The van der Waals surface area contributed by atoms with Crippen molar-refractivity contribution in [1.29, 1.82) is 0 Å². The summed E-state index contributed by atoms with van der Waals surface area (Å²) < 4.78 is 5.06. The van der Waals surface area contributed by atoms with Crippen LogP contribution in [0.2, 0.25) is 0 Å². The molecule has 0 saturated carbocycles. The maximum Gasteiger partial charge on any atom is 0.0844 e. The molecular formula is C6H13ClOSi. The first kappa shape index (κ1) is 9.05. The van der Waals surface area contributed by atoms with E-state index in [9.17, 15) is 0 Å². The Morgan fingerprint density at radius 2 is 2.44 bits per heavy atom. The van der Waals surface area contributed by atoms with E-state index in [4.69, 9.17) is 16.3 Å². The molecule has 1 nitrogen and oxygen atoms in total. The Labute approximate surface area is 64.5 Å². The summed E-state index contributed by atoms with van der Waals surface area (Å²) in [7, 11) is 1.06. The Morgan fingerprint density at radius 3 is 2.89 bits per heavy atom. The van der Waals surface area contributed by atoms with E-state index < -0.39 is 0 Å². The van der Waals surface area contributed by atoms with Crippen molar-refractivity contribution in [2.24, 2.45) is 0 Å². The SMILES string of the molecule is CCOC=C([SiH3])CCCl. The van der Waals surface area contributed by atoms with E-state index in [0.717, 1.165) is 23.3 Å². The molecule has 0 aliphatic carbocycles. The van der Waals surface area contributed by atoms with Crippen LogP contribution in [0.5, 0.6) is 0 Å². The molecular weight excluding hydrogens is 152 g/mol. The van der Waals surface area contributed by atoms with Gasteiger partial charge in [0.05, 0.1) is 12.9 Å². The molecule has 0 unspecified atom stereocenters. The topological polar surface area (TPSA) is 9.23 Å². The number of allylic oxidation sites excluding steroid dienone is 1. The minimum atomic E-state index is 0.711. The largest absolute Gasteiger partial charge is 0.502 e. The van der Waals surface area contributed by atoms with Gasteiger partial charge in [-0.1, -0.05) is 5.20 Å². The van der Waals surface area contributed by atoms with Crippen LogP contribution in [0.25, 0.3) is 0 Å². The average Bonchev–Trinajstić information content (AvgIpc) is 1.85. The molecule has 0 aliphatic rings. The normalized spacial score (nSPS) is 12.0. The van der Waals surface area contributed by atoms with Crippen LogP contribution < -0.4 is 0 Å². The van der Waals surface area contributed by atoms with Gasteiger partial charge in [-0.2, -0.15) is 0 Å². The molecule has 54 valence electrons. The molecule has 0 aliphatic heterocycles. The van der Waals surface area contributed by atoms with Crippen LogP contribution in [0.4, 0.5) is 0 Å². The molecule has 0 aromatic rings. The van der Waals surface area contributed by atoms with Crippen LogP contribution in [0.1, 0.15) is 13.3 Å². The predicted molar refractivity (Wildman–Crippen MR) is 45.0 cm³/mol. The highest BCUT2D eigenvalue weighted by Gasteiger charge is 1.85. The Balaban J connectivity index is 3.30. The van der Waals surface area contributed by atoms with E-state index in [2.05, 4.69) is 0 Å². The maximum absolute atomic E-state index is 5.50. The van der Waals surface area contributed by atoms with Crippen LogP contribution in [-0.4, -0.2) is 22.7 Å². The van der Waals surface area contributed by atoms with Crippen molar-refractivity contribution in [3.63, 3.8) is 0 Å². The second-order valence-electron chi connectivity index (χ2n) is 1.86. The van der Waals surface area contributed by atoms with Crippen LogP contribution in [0, 0.1) is 0 Å². The molecule has 3 heteroatoms. The zero-order valence-electron chi connectivity index (χ0n) is 5.98. The zero-order chi connectivity index (χ0) is 7.11. The molecule has 0 atom stereocenters. The number of hydrogen-bond donors (Lipinski definition) is 0.